The van der Waals surface area contributed by atoms with Crippen molar-refractivity contribution in [1.29, 1.82) is 0 Å². The minimum Gasteiger partial charge on any atom is -0.232 e. The van der Waals surface area contributed by atoms with Crippen LogP contribution in [0.4, 0.5) is 0 Å². The number of pyridine rings is 1. The molecule has 14 heavy (non-hydrogen) atoms. The molecule has 74 valence electrons. The van der Waals surface area contributed by atoms with E-state index in [0.717, 1.165) is 5.52 Å². The predicted molar refractivity (Wildman–Crippen MR) is 55.3 cm³/mol. The Morgan fingerprint density at radius 1 is 1.50 bits per heavy atom. The molecule has 0 bridgehead atoms. The number of nitrogens with zero attached hydrogens (tertiary/aromatic N) is 5. The molecule has 0 amide bonds. The lowest BCUT2D eigenvalue weighted by atomic mass is 10.4. The summed E-state index contributed by atoms with van der Waals surface area (Å²) in [5.74, 6) is 0. The maximum Gasteiger partial charge on any atom is 0.269 e. The average Bonchev–Trinajstić information content (AvgIpc) is 2.58. The van der Waals surface area contributed by atoms with E-state index in [-0.39, 0.29) is 8.96 Å². The molecule has 2 aromatic rings. The topological polar surface area (TPSA) is 56.1 Å². The molecule has 0 saturated carbocycles. The van der Waals surface area contributed by atoms with Crippen LogP contribution in [0.25, 0.3) is 11.2 Å². The second kappa shape index (κ2) is 3.86. The van der Waals surface area contributed by atoms with Gasteiger partial charge in [-0.05, 0) is 22.2 Å². The van der Waals surface area contributed by atoms with E-state index in [2.05, 4.69) is 15.3 Å². The zero-order valence-corrected chi connectivity index (χ0v) is 9.11. The summed E-state index contributed by atoms with van der Waals surface area (Å²) in [6, 6.07) is 3.67. The van der Waals surface area contributed by atoms with Crippen LogP contribution in [0.3, 0.4) is 0 Å². The molecule has 0 saturated heterocycles. The van der Waals surface area contributed by atoms with Gasteiger partial charge in [0.2, 0.25) is 5.65 Å². The van der Waals surface area contributed by atoms with Gasteiger partial charge in [0.1, 0.15) is 5.52 Å². The van der Waals surface area contributed by atoms with Crippen molar-refractivity contribution in [3.05, 3.63) is 18.3 Å². The fraction of sp³-hybridized carbons (Fsp3) is 0.286. The van der Waals surface area contributed by atoms with Crippen molar-refractivity contribution in [2.75, 3.05) is 14.1 Å². The van der Waals surface area contributed by atoms with Crippen molar-refractivity contribution < 1.29 is 4.62 Å². The molecule has 0 spiro atoms. The van der Waals surface area contributed by atoms with Gasteiger partial charge in [-0.25, -0.2) is 9.61 Å². The molecule has 0 aromatic carbocycles. The van der Waals surface area contributed by atoms with Crippen molar-refractivity contribution in [3.63, 3.8) is 0 Å². The summed E-state index contributed by atoms with van der Waals surface area (Å²) >= 11 is 0. The van der Waals surface area contributed by atoms with Crippen LogP contribution in [0.2, 0.25) is 0 Å². The van der Waals surface area contributed by atoms with E-state index in [1.807, 2.05) is 30.9 Å². The van der Waals surface area contributed by atoms with Crippen LogP contribution in [0.1, 0.15) is 0 Å². The summed E-state index contributed by atoms with van der Waals surface area (Å²) in [5.41, 5.74) is 1.40. The standard InChI is InChI=1S/C7H10N5OP/c1-11(2)14-13-12-7-6(9-10-12)4-3-5-8-7/h3-5,14H,1-2H3/p+1. The highest BCUT2D eigenvalue weighted by molar-refractivity contribution is 7.29. The molecule has 0 aliphatic heterocycles. The van der Waals surface area contributed by atoms with Crippen molar-refractivity contribution >= 4 is 20.1 Å². The van der Waals surface area contributed by atoms with E-state index in [0.29, 0.717) is 5.65 Å². The number of fused-ring (bicyclic) bond motifs is 1. The molecule has 1 unspecified atom stereocenters. The first-order chi connectivity index (χ1) is 6.77. The van der Waals surface area contributed by atoms with Gasteiger partial charge in [-0.15, -0.1) is 5.10 Å². The molecule has 0 fully saturated rings. The van der Waals surface area contributed by atoms with E-state index >= 15 is 0 Å². The fourth-order valence-electron chi connectivity index (χ4n) is 0.955. The van der Waals surface area contributed by atoms with E-state index < -0.39 is 0 Å². The third kappa shape index (κ3) is 1.81. The summed E-state index contributed by atoms with van der Waals surface area (Å²) < 4.78 is 7.38. The Kier molecular flexibility index (Phi) is 2.56. The van der Waals surface area contributed by atoms with Gasteiger partial charge in [0, 0.05) is 20.3 Å². The average molecular weight is 212 g/mol. The van der Waals surface area contributed by atoms with Crippen LogP contribution in [-0.4, -0.2) is 38.9 Å². The lowest BCUT2D eigenvalue weighted by Crippen LogP contribution is -2.10. The molecule has 7 heteroatoms. The first-order valence-corrected chi connectivity index (χ1v) is 5.09. The van der Waals surface area contributed by atoms with E-state index in [4.69, 9.17) is 4.62 Å². The molecule has 2 heterocycles. The Labute approximate surface area is 82.7 Å². The molecule has 0 N–H and O–H groups in total. The van der Waals surface area contributed by atoms with Crippen LogP contribution < -0.4 is 4.62 Å². The number of hydrogen-bond acceptors (Lipinski definition) is 5. The Balaban J connectivity index is 2.25. The van der Waals surface area contributed by atoms with Crippen LogP contribution in [0.15, 0.2) is 18.3 Å². The van der Waals surface area contributed by atoms with Gasteiger partial charge in [0.05, 0.1) is 0 Å². The Bertz CT molecular complexity index is 429. The van der Waals surface area contributed by atoms with Crippen molar-refractivity contribution in [2.45, 2.75) is 0 Å². The monoisotopic (exact) mass is 212 g/mol. The number of aromatic nitrogens is 4. The van der Waals surface area contributed by atoms with Crippen LogP contribution in [0, 0.1) is 0 Å². The van der Waals surface area contributed by atoms with Crippen LogP contribution in [-0.2, 0) is 0 Å². The fourth-order valence-corrected chi connectivity index (χ4v) is 1.37. The molecule has 6 nitrogen and oxygen atoms in total. The third-order valence-corrected chi connectivity index (χ3v) is 2.25. The highest BCUT2D eigenvalue weighted by atomic mass is 31.1. The molecular formula is C7H11N5OP+. The molecular weight excluding hydrogens is 201 g/mol. The normalized spacial score (nSPS) is 11.9. The quantitative estimate of drug-likeness (QED) is 0.673. The first kappa shape index (κ1) is 9.30. The maximum absolute atomic E-state index is 5.41. The summed E-state index contributed by atoms with van der Waals surface area (Å²) in [6.45, 7) is 0. The van der Waals surface area contributed by atoms with Gasteiger partial charge >= 0.3 is 0 Å². The maximum atomic E-state index is 5.41. The molecule has 2 aromatic heterocycles. The van der Waals surface area contributed by atoms with Gasteiger partial charge in [-0.1, -0.05) is 0 Å². The van der Waals surface area contributed by atoms with Gasteiger partial charge in [-0.2, -0.15) is 4.67 Å². The lowest BCUT2D eigenvalue weighted by Gasteiger charge is -2.00. The zero-order valence-electron chi connectivity index (χ0n) is 7.95. The highest BCUT2D eigenvalue weighted by Gasteiger charge is 2.08. The van der Waals surface area contributed by atoms with E-state index in [1.54, 1.807) is 6.20 Å². The second-order valence-electron chi connectivity index (χ2n) is 2.98. The Morgan fingerprint density at radius 3 is 3.14 bits per heavy atom. The number of hydrogen-bond donors (Lipinski definition) is 0. The zero-order chi connectivity index (χ0) is 9.97. The first-order valence-electron chi connectivity index (χ1n) is 4.11. The SMILES string of the molecule is CN(C)[PH2+]On1nnc2cccnc21. The van der Waals surface area contributed by atoms with Gasteiger partial charge in [0.15, 0.2) is 0 Å². The third-order valence-electron chi connectivity index (χ3n) is 1.54. The van der Waals surface area contributed by atoms with Crippen LogP contribution in [0.5, 0.6) is 0 Å². The molecule has 0 radical (unpaired) electrons. The summed E-state index contributed by atoms with van der Waals surface area (Å²) in [4.78, 5) is 5.49. The van der Waals surface area contributed by atoms with Gasteiger partial charge < -0.3 is 0 Å². The molecule has 0 aliphatic carbocycles. The molecule has 0 aliphatic rings. The smallest absolute Gasteiger partial charge is 0.232 e. The molecule has 2 rings (SSSR count). The number of rotatable bonds is 3. The van der Waals surface area contributed by atoms with Crippen molar-refractivity contribution in [3.8, 4) is 0 Å². The van der Waals surface area contributed by atoms with E-state index in [9.17, 15) is 0 Å². The minimum atomic E-state index is -0.279. The van der Waals surface area contributed by atoms with E-state index in [1.165, 1.54) is 4.85 Å². The summed E-state index contributed by atoms with van der Waals surface area (Å²) in [6.07, 6.45) is 1.69. The minimum absolute atomic E-state index is 0.279. The summed E-state index contributed by atoms with van der Waals surface area (Å²) in [5, 5.41) is 7.76. The summed E-state index contributed by atoms with van der Waals surface area (Å²) in [7, 11) is 3.61. The predicted octanol–water partition coefficient (Wildman–Crippen LogP) is 0.0573. The lowest BCUT2D eigenvalue weighted by molar-refractivity contribution is 0.256. The Hall–Kier alpha value is -1.26. The van der Waals surface area contributed by atoms with Gasteiger partial charge in [0.25, 0.3) is 8.96 Å². The van der Waals surface area contributed by atoms with Crippen molar-refractivity contribution in [2.24, 2.45) is 0 Å². The van der Waals surface area contributed by atoms with Crippen LogP contribution >= 0.6 is 8.96 Å². The largest absolute Gasteiger partial charge is 0.269 e. The highest BCUT2D eigenvalue weighted by Crippen LogP contribution is 2.12. The van der Waals surface area contributed by atoms with Gasteiger partial charge in [-0.3, -0.25) is 0 Å². The second-order valence-corrected chi connectivity index (χ2v) is 4.44. The molecule has 1 atom stereocenters. The Morgan fingerprint density at radius 2 is 2.36 bits per heavy atom. The van der Waals surface area contributed by atoms with Crippen molar-refractivity contribution in [1.82, 2.24) is 24.8 Å².